The number of allylic oxidation sites excluding steroid dienone is 1. The van der Waals surface area contributed by atoms with Gasteiger partial charge in [-0.1, -0.05) is 20.8 Å². The second kappa shape index (κ2) is 5.49. The smallest absolute Gasteiger partial charge is 0.222 e. The topological polar surface area (TPSA) is 55.6 Å². The van der Waals surface area contributed by atoms with Gasteiger partial charge < -0.3 is 9.64 Å². The molecule has 1 fully saturated rings. The fourth-order valence-corrected chi connectivity index (χ4v) is 3.56. The Morgan fingerprint density at radius 1 is 1.21 bits per heavy atom. The first kappa shape index (κ1) is 14.3. The Balaban J connectivity index is 2.33. The zero-order chi connectivity index (χ0) is 14.2. The lowest BCUT2D eigenvalue weighted by molar-refractivity contribution is -0.541. The van der Waals surface area contributed by atoms with Crippen LogP contribution in [0.1, 0.15) is 27.7 Å². The molecule has 5 heteroatoms. The van der Waals surface area contributed by atoms with Crippen molar-refractivity contribution in [2.24, 2.45) is 17.8 Å². The lowest BCUT2D eigenvalue weighted by Crippen LogP contribution is -2.47. The van der Waals surface area contributed by atoms with E-state index in [4.69, 9.17) is 4.74 Å². The minimum atomic E-state index is -0.459. The molecule has 2 aliphatic rings. The summed E-state index contributed by atoms with van der Waals surface area (Å²) < 4.78 is 5.40. The summed E-state index contributed by atoms with van der Waals surface area (Å²) in [7, 11) is 0. The number of nitro groups is 1. The van der Waals surface area contributed by atoms with Crippen molar-refractivity contribution in [3.8, 4) is 0 Å². The van der Waals surface area contributed by atoms with Gasteiger partial charge in [-0.3, -0.25) is 10.1 Å². The highest BCUT2D eigenvalue weighted by Crippen LogP contribution is 2.40. The molecule has 0 aromatic rings. The molecule has 0 saturated carbocycles. The molecule has 108 valence electrons. The van der Waals surface area contributed by atoms with Crippen LogP contribution in [0, 0.1) is 27.9 Å². The molecule has 4 unspecified atom stereocenters. The molecule has 0 aromatic heterocycles. The van der Waals surface area contributed by atoms with E-state index in [1.807, 2.05) is 13.8 Å². The molecule has 5 nitrogen and oxygen atoms in total. The van der Waals surface area contributed by atoms with Crippen LogP contribution in [-0.4, -0.2) is 42.2 Å². The summed E-state index contributed by atoms with van der Waals surface area (Å²) in [4.78, 5) is 13.6. The van der Waals surface area contributed by atoms with Crippen molar-refractivity contribution in [1.29, 1.82) is 0 Å². The van der Waals surface area contributed by atoms with Crippen molar-refractivity contribution in [3.05, 3.63) is 21.4 Å². The molecule has 19 heavy (non-hydrogen) atoms. The minimum Gasteiger partial charge on any atom is -0.378 e. The molecule has 1 aliphatic carbocycles. The fraction of sp³-hybridized carbons (Fsp3) is 0.857. The first-order valence-corrected chi connectivity index (χ1v) is 7.12. The summed E-state index contributed by atoms with van der Waals surface area (Å²) >= 11 is 0. The van der Waals surface area contributed by atoms with Crippen LogP contribution in [0.25, 0.3) is 0 Å². The quantitative estimate of drug-likeness (QED) is 0.569. The van der Waals surface area contributed by atoms with Crippen LogP contribution < -0.4 is 0 Å². The van der Waals surface area contributed by atoms with E-state index in [0.717, 1.165) is 26.3 Å². The number of hydrogen-bond acceptors (Lipinski definition) is 4. The molecule has 0 spiro atoms. The van der Waals surface area contributed by atoms with Gasteiger partial charge >= 0.3 is 0 Å². The van der Waals surface area contributed by atoms with Crippen molar-refractivity contribution < 1.29 is 9.66 Å². The maximum absolute atomic E-state index is 11.3. The average Bonchev–Trinajstić information content (AvgIpc) is 2.38. The highest BCUT2D eigenvalue weighted by molar-refractivity contribution is 5.23. The Morgan fingerprint density at radius 3 is 2.32 bits per heavy atom. The molecule has 0 amide bonds. The average molecular weight is 268 g/mol. The molecule has 0 radical (unpaired) electrons. The van der Waals surface area contributed by atoms with Crippen LogP contribution in [0.5, 0.6) is 0 Å². The van der Waals surface area contributed by atoms with E-state index in [1.54, 1.807) is 0 Å². The monoisotopic (exact) mass is 268 g/mol. The Labute approximate surface area is 114 Å². The van der Waals surface area contributed by atoms with Crippen LogP contribution >= 0.6 is 0 Å². The van der Waals surface area contributed by atoms with Crippen molar-refractivity contribution in [2.45, 2.75) is 33.7 Å². The summed E-state index contributed by atoms with van der Waals surface area (Å²) in [6.07, 6.45) is 0. The maximum Gasteiger partial charge on any atom is 0.222 e. The Morgan fingerprint density at radius 2 is 1.79 bits per heavy atom. The van der Waals surface area contributed by atoms with Gasteiger partial charge in [-0.15, -0.1) is 0 Å². The van der Waals surface area contributed by atoms with Gasteiger partial charge in [0.25, 0.3) is 0 Å². The Bertz CT molecular complexity index is 388. The van der Waals surface area contributed by atoms with E-state index in [0.29, 0.717) is 0 Å². The minimum absolute atomic E-state index is 0.0130. The number of nitrogens with zero attached hydrogens (tertiary/aromatic N) is 2. The normalized spacial score (nSPS) is 36.5. The van der Waals surface area contributed by atoms with Gasteiger partial charge in [-0.25, -0.2) is 0 Å². The van der Waals surface area contributed by atoms with Crippen LogP contribution in [0.3, 0.4) is 0 Å². The highest BCUT2D eigenvalue weighted by atomic mass is 16.6. The summed E-state index contributed by atoms with van der Waals surface area (Å²) in [6.45, 7) is 11.5. The van der Waals surface area contributed by atoms with E-state index in [9.17, 15) is 10.1 Å². The van der Waals surface area contributed by atoms with Crippen LogP contribution in [-0.2, 0) is 4.74 Å². The lowest BCUT2D eigenvalue weighted by atomic mass is 9.71. The molecular formula is C14H24N2O3. The van der Waals surface area contributed by atoms with Gasteiger partial charge in [-0.2, -0.15) is 0 Å². The van der Waals surface area contributed by atoms with E-state index in [1.165, 1.54) is 11.3 Å². The zero-order valence-corrected chi connectivity index (χ0v) is 12.3. The molecular weight excluding hydrogens is 244 g/mol. The van der Waals surface area contributed by atoms with E-state index >= 15 is 0 Å². The fourth-order valence-electron chi connectivity index (χ4n) is 3.56. The van der Waals surface area contributed by atoms with Gasteiger partial charge in [0.15, 0.2) is 0 Å². The molecule has 1 aliphatic heterocycles. The van der Waals surface area contributed by atoms with Crippen LogP contribution in [0.2, 0.25) is 0 Å². The first-order valence-electron chi connectivity index (χ1n) is 7.12. The summed E-state index contributed by atoms with van der Waals surface area (Å²) in [5.74, 6) is 0.329. The summed E-state index contributed by atoms with van der Waals surface area (Å²) in [5, 5.41) is 11.3. The Hall–Kier alpha value is -1.10. The molecule has 2 rings (SSSR count). The highest BCUT2D eigenvalue weighted by Gasteiger charge is 2.45. The van der Waals surface area contributed by atoms with E-state index in [2.05, 4.69) is 18.7 Å². The zero-order valence-electron chi connectivity index (χ0n) is 12.3. The molecule has 0 aromatic carbocycles. The van der Waals surface area contributed by atoms with Gasteiger partial charge in [0, 0.05) is 41.5 Å². The Kier molecular flexibility index (Phi) is 4.13. The van der Waals surface area contributed by atoms with E-state index in [-0.39, 0.29) is 22.7 Å². The third-order valence-electron chi connectivity index (χ3n) is 4.95. The maximum atomic E-state index is 11.3. The lowest BCUT2D eigenvalue weighted by Gasteiger charge is -2.43. The van der Waals surface area contributed by atoms with Crippen molar-refractivity contribution in [2.75, 3.05) is 26.3 Å². The molecule has 1 saturated heterocycles. The summed E-state index contributed by atoms with van der Waals surface area (Å²) in [5.41, 5.74) is 2.51. The number of morpholine rings is 1. The predicted octanol–water partition coefficient (Wildman–Crippen LogP) is 2.16. The third-order valence-corrected chi connectivity index (χ3v) is 4.95. The molecule has 0 bridgehead atoms. The van der Waals surface area contributed by atoms with Crippen molar-refractivity contribution >= 4 is 0 Å². The van der Waals surface area contributed by atoms with Gasteiger partial charge in [-0.05, 0) is 12.5 Å². The molecule has 0 N–H and O–H groups in total. The van der Waals surface area contributed by atoms with Crippen molar-refractivity contribution in [1.82, 2.24) is 4.90 Å². The number of ether oxygens (including phenoxy) is 1. The molecule has 4 atom stereocenters. The second-order valence-corrected chi connectivity index (χ2v) is 5.88. The number of rotatable bonds is 2. The van der Waals surface area contributed by atoms with Crippen molar-refractivity contribution in [3.63, 3.8) is 0 Å². The largest absolute Gasteiger partial charge is 0.378 e. The first-order chi connectivity index (χ1) is 8.95. The summed E-state index contributed by atoms with van der Waals surface area (Å²) in [6, 6.07) is -0.459. The van der Waals surface area contributed by atoms with Crippen LogP contribution in [0.4, 0.5) is 0 Å². The van der Waals surface area contributed by atoms with Crippen LogP contribution in [0.15, 0.2) is 11.3 Å². The van der Waals surface area contributed by atoms with E-state index < -0.39 is 6.04 Å². The SMILES string of the molecule is CC1=C(N2CCOCC2)C(C)C(C)C([N+](=O)[O-])C1C. The van der Waals surface area contributed by atoms with Gasteiger partial charge in [0.1, 0.15) is 0 Å². The third kappa shape index (κ3) is 2.48. The molecule has 1 heterocycles. The van der Waals surface area contributed by atoms with Gasteiger partial charge in [0.05, 0.1) is 13.2 Å². The number of hydrogen-bond donors (Lipinski definition) is 0. The standard InChI is InChI=1S/C14H24N2O3/c1-9-11(3)14(16(17)18)12(4)10(2)13(9)15-5-7-19-8-6-15/h9,11-12,14H,5-8H2,1-4H3. The van der Waals surface area contributed by atoms with Gasteiger partial charge in [0.2, 0.25) is 6.04 Å². The second-order valence-electron chi connectivity index (χ2n) is 5.88. The predicted molar refractivity (Wildman–Crippen MR) is 73.4 cm³/mol.